The van der Waals surface area contributed by atoms with E-state index in [1.54, 1.807) is 36.5 Å². The van der Waals surface area contributed by atoms with Crippen LogP contribution in [0.3, 0.4) is 0 Å². The van der Waals surface area contributed by atoms with Crippen LogP contribution < -0.4 is 15.2 Å². The van der Waals surface area contributed by atoms with E-state index in [9.17, 15) is 8.42 Å². The Kier molecular flexibility index (Phi) is 7.24. The van der Waals surface area contributed by atoms with E-state index < -0.39 is 10.0 Å². The van der Waals surface area contributed by atoms with Crippen molar-refractivity contribution in [2.75, 3.05) is 38.3 Å². The molecule has 0 spiro atoms. The zero-order valence-corrected chi connectivity index (χ0v) is 22.5. The summed E-state index contributed by atoms with van der Waals surface area (Å²) in [5.74, 6) is 0.860. The van der Waals surface area contributed by atoms with Crippen molar-refractivity contribution in [3.8, 4) is 17.0 Å². The van der Waals surface area contributed by atoms with Gasteiger partial charge in [-0.25, -0.2) is 18.4 Å². The summed E-state index contributed by atoms with van der Waals surface area (Å²) >= 11 is 0. The molecule has 200 valence electrons. The molecular weight excluding hydrogens is 504 g/mol. The van der Waals surface area contributed by atoms with Gasteiger partial charge in [0.1, 0.15) is 11.1 Å². The van der Waals surface area contributed by atoms with Crippen molar-refractivity contribution in [3.05, 3.63) is 60.8 Å². The summed E-state index contributed by atoms with van der Waals surface area (Å²) < 4.78 is 42.3. The third-order valence-corrected chi connectivity index (χ3v) is 8.20. The number of benzene rings is 2. The normalized spacial score (nSPS) is 18.1. The number of aromatic nitrogens is 3. The number of nitrogens with two attached hydrogens (primary N) is 1. The molecule has 2 aromatic heterocycles. The molecule has 0 saturated carbocycles. The van der Waals surface area contributed by atoms with E-state index in [0.29, 0.717) is 29.7 Å². The van der Waals surface area contributed by atoms with Gasteiger partial charge in [0.25, 0.3) is 10.0 Å². The molecule has 1 aliphatic rings. The minimum absolute atomic E-state index is 0.0162. The predicted molar refractivity (Wildman–Crippen MR) is 147 cm³/mol. The van der Waals surface area contributed by atoms with Crippen molar-refractivity contribution < 1.29 is 17.9 Å². The summed E-state index contributed by atoms with van der Waals surface area (Å²) in [5.41, 5.74) is 9.88. The maximum absolute atomic E-state index is 13.3. The summed E-state index contributed by atoms with van der Waals surface area (Å²) in [6.07, 6.45) is 3.53. The Balaban J connectivity index is 1.49. The molecule has 3 N–H and O–H groups in total. The number of anilines is 2. The number of rotatable bonds is 8. The van der Waals surface area contributed by atoms with Gasteiger partial charge in [-0.3, -0.25) is 9.62 Å². The van der Waals surface area contributed by atoms with Crippen LogP contribution >= 0.6 is 0 Å². The molecule has 1 saturated heterocycles. The Labute approximate surface area is 222 Å². The second-order valence-corrected chi connectivity index (χ2v) is 11.3. The first kappa shape index (κ1) is 26.0. The summed E-state index contributed by atoms with van der Waals surface area (Å²) in [6.45, 7) is 1.43. The molecule has 2 atom stereocenters. The van der Waals surface area contributed by atoms with Gasteiger partial charge in [-0.05, 0) is 68.8 Å². The van der Waals surface area contributed by atoms with Crippen LogP contribution in [0.5, 0.6) is 5.88 Å². The Morgan fingerprint density at radius 1 is 1.16 bits per heavy atom. The SMILES string of the molecule is COc1ncc(-c2ccc3nc(N)n(CC4CCOC(N(C)C)C4)c3c2)cc1S(=O)(=O)Nc1ccccc1. The van der Waals surface area contributed by atoms with Gasteiger partial charge in [-0.1, -0.05) is 24.3 Å². The second-order valence-electron chi connectivity index (χ2n) is 9.67. The van der Waals surface area contributed by atoms with Crippen LogP contribution in [0.4, 0.5) is 11.6 Å². The third-order valence-electron chi connectivity index (χ3n) is 6.83. The number of nitrogens with one attached hydrogen (secondary N) is 1. The van der Waals surface area contributed by atoms with E-state index >= 15 is 0 Å². The van der Waals surface area contributed by atoms with E-state index in [-0.39, 0.29) is 17.0 Å². The van der Waals surface area contributed by atoms with Crippen molar-refractivity contribution in [2.45, 2.75) is 30.5 Å². The Hall–Kier alpha value is -3.67. The number of hydrogen-bond donors (Lipinski definition) is 2. The standard InChI is InChI=1S/C27H32N6O4S/c1-32(2)25-13-18(11-12-37-25)17-33-23-14-19(9-10-22(23)30-27(33)28)20-15-24(26(36-3)29-16-20)38(34,35)31-21-7-5-4-6-8-21/h4-10,14-16,18,25,31H,11-13,17H2,1-3H3,(H2,28,30). The Bertz CT molecular complexity index is 1540. The van der Waals surface area contributed by atoms with Gasteiger partial charge in [0, 0.05) is 30.6 Å². The van der Waals surface area contributed by atoms with Gasteiger partial charge in [-0.2, -0.15) is 0 Å². The quantitative estimate of drug-likeness (QED) is 0.348. The lowest BCUT2D eigenvalue weighted by molar-refractivity contribution is -0.0848. The molecule has 0 amide bonds. The molecule has 3 heterocycles. The number of pyridine rings is 1. The first-order chi connectivity index (χ1) is 18.2. The number of fused-ring (bicyclic) bond motifs is 1. The lowest BCUT2D eigenvalue weighted by atomic mass is 9.98. The fourth-order valence-electron chi connectivity index (χ4n) is 4.79. The Morgan fingerprint density at radius 3 is 2.68 bits per heavy atom. The molecule has 2 aromatic carbocycles. The third kappa shape index (κ3) is 5.31. The molecule has 5 rings (SSSR count). The van der Waals surface area contributed by atoms with Crippen LogP contribution in [0.2, 0.25) is 0 Å². The molecule has 1 fully saturated rings. The number of nitrogen functional groups attached to an aromatic ring is 1. The molecule has 11 heteroatoms. The first-order valence-corrected chi connectivity index (χ1v) is 13.9. The highest BCUT2D eigenvalue weighted by atomic mass is 32.2. The summed E-state index contributed by atoms with van der Waals surface area (Å²) in [6, 6.07) is 16.0. The average Bonchev–Trinajstić information content (AvgIpc) is 3.22. The summed E-state index contributed by atoms with van der Waals surface area (Å²) in [5, 5.41) is 0. The van der Waals surface area contributed by atoms with E-state index in [0.717, 1.165) is 36.0 Å². The highest BCUT2D eigenvalue weighted by Crippen LogP contribution is 2.32. The predicted octanol–water partition coefficient (Wildman–Crippen LogP) is 3.80. The van der Waals surface area contributed by atoms with Crippen LogP contribution in [0, 0.1) is 5.92 Å². The van der Waals surface area contributed by atoms with E-state index in [2.05, 4.69) is 19.6 Å². The molecule has 0 bridgehead atoms. The maximum Gasteiger partial charge on any atom is 0.267 e. The number of hydrogen-bond acceptors (Lipinski definition) is 8. The molecule has 0 radical (unpaired) electrons. The number of ether oxygens (including phenoxy) is 2. The lowest BCUT2D eigenvalue weighted by Gasteiger charge is -2.33. The fraction of sp³-hybridized carbons (Fsp3) is 0.333. The number of nitrogens with zero attached hydrogens (tertiary/aromatic N) is 4. The van der Waals surface area contributed by atoms with E-state index in [1.165, 1.54) is 7.11 Å². The molecule has 2 unspecified atom stereocenters. The first-order valence-electron chi connectivity index (χ1n) is 12.4. The monoisotopic (exact) mass is 536 g/mol. The fourth-order valence-corrected chi connectivity index (χ4v) is 5.99. The highest BCUT2D eigenvalue weighted by molar-refractivity contribution is 7.92. The van der Waals surface area contributed by atoms with Crippen LogP contribution in [0.25, 0.3) is 22.2 Å². The van der Waals surface area contributed by atoms with Crippen LogP contribution in [0.15, 0.2) is 65.7 Å². The highest BCUT2D eigenvalue weighted by Gasteiger charge is 2.26. The minimum Gasteiger partial charge on any atom is -0.480 e. The Morgan fingerprint density at radius 2 is 1.95 bits per heavy atom. The number of methoxy groups -OCH3 is 1. The second kappa shape index (κ2) is 10.6. The number of sulfonamides is 1. The van der Waals surface area contributed by atoms with Crippen LogP contribution in [0.1, 0.15) is 12.8 Å². The number of imidazole rings is 1. The largest absolute Gasteiger partial charge is 0.480 e. The van der Waals surface area contributed by atoms with Gasteiger partial charge in [-0.15, -0.1) is 0 Å². The van der Waals surface area contributed by atoms with Crippen LogP contribution in [-0.4, -0.2) is 61.9 Å². The van der Waals surface area contributed by atoms with Gasteiger partial charge in [0.2, 0.25) is 11.8 Å². The van der Waals surface area contributed by atoms with E-state index in [4.69, 9.17) is 15.2 Å². The van der Waals surface area contributed by atoms with Crippen molar-refractivity contribution >= 4 is 32.7 Å². The molecule has 38 heavy (non-hydrogen) atoms. The molecular formula is C27H32N6O4S. The topological polar surface area (TPSA) is 125 Å². The average molecular weight is 537 g/mol. The van der Waals surface area contributed by atoms with Crippen molar-refractivity contribution in [1.29, 1.82) is 0 Å². The van der Waals surface area contributed by atoms with Gasteiger partial charge < -0.3 is 19.8 Å². The van der Waals surface area contributed by atoms with E-state index in [1.807, 2.05) is 42.9 Å². The van der Waals surface area contributed by atoms with Crippen molar-refractivity contribution in [3.63, 3.8) is 0 Å². The smallest absolute Gasteiger partial charge is 0.267 e. The summed E-state index contributed by atoms with van der Waals surface area (Å²) in [4.78, 5) is 10.9. The molecule has 0 aliphatic carbocycles. The molecule has 1 aliphatic heterocycles. The minimum atomic E-state index is -3.96. The van der Waals surface area contributed by atoms with Gasteiger partial charge >= 0.3 is 0 Å². The number of para-hydroxylation sites is 1. The summed E-state index contributed by atoms with van der Waals surface area (Å²) in [7, 11) is 1.48. The zero-order chi connectivity index (χ0) is 26.9. The van der Waals surface area contributed by atoms with Crippen molar-refractivity contribution in [1.82, 2.24) is 19.4 Å². The lowest BCUT2D eigenvalue weighted by Crippen LogP contribution is -2.38. The maximum atomic E-state index is 13.3. The van der Waals surface area contributed by atoms with Crippen molar-refractivity contribution in [2.24, 2.45) is 5.92 Å². The zero-order valence-electron chi connectivity index (χ0n) is 21.7. The van der Waals surface area contributed by atoms with Crippen LogP contribution in [-0.2, 0) is 21.3 Å². The van der Waals surface area contributed by atoms with Gasteiger partial charge in [0.05, 0.1) is 18.1 Å². The molecule has 10 nitrogen and oxygen atoms in total. The van der Waals surface area contributed by atoms with Gasteiger partial charge in [0.15, 0.2) is 0 Å². The molecule has 4 aromatic rings.